The van der Waals surface area contributed by atoms with E-state index in [4.69, 9.17) is 4.74 Å². The Balaban J connectivity index is 1.44. The van der Waals surface area contributed by atoms with Crippen LogP contribution in [0.4, 0.5) is 5.82 Å². The monoisotopic (exact) mass is 452 g/mol. The number of rotatable bonds is 7. The molecule has 3 aromatic rings. The van der Waals surface area contributed by atoms with E-state index in [0.29, 0.717) is 32.7 Å². The second-order valence-corrected chi connectivity index (χ2v) is 9.11. The number of nitrogens with one attached hydrogen (secondary N) is 1. The zero-order chi connectivity index (χ0) is 22.5. The van der Waals surface area contributed by atoms with Crippen molar-refractivity contribution >= 4 is 39.2 Å². The molecule has 0 aliphatic carbocycles. The first-order valence-corrected chi connectivity index (χ1v) is 11.9. The number of anilines is 1. The molecule has 3 heterocycles. The minimum absolute atomic E-state index is 0.0431. The Labute approximate surface area is 191 Å². The van der Waals surface area contributed by atoms with Gasteiger partial charge >= 0.3 is 5.97 Å². The molecule has 0 bridgehead atoms. The molecule has 1 fully saturated rings. The van der Waals surface area contributed by atoms with Crippen molar-refractivity contribution in [1.82, 2.24) is 14.9 Å². The third kappa shape index (κ3) is 4.75. The first kappa shape index (κ1) is 22.2. The summed E-state index contributed by atoms with van der Waals surface area (Å²) in [6.07, 6.45) is 3.50. The van der Waals surface area contributed by atoms with Crippen LogP contribution in [0.2, 0.25) is 0 Å². The van der Waals surface area contributed by atoms with Crippen LogP contribution in [0.25, 0.3) is 21.3 Å². The zero-order valence-corrected chi connectivity index (χ0v) is 19.3. The van der Waals surface area contributed by atoms with Gasteiger partial charge in [0.15, 0.2) is 0 Å². The number of hydrogen-bond acceptors (Lipinski definition) is 7. The number of carbonyl (C=O) groups excluding carboxylic acids is 2. The molecule has 8 heteroatoms. The summed E-state index contributed by atoms with van der Waals surface area (Å²) >= 11 is 1.65. The molecule has 32 heavy (non-hydrogen) atoms. The van der Waals surface area contributed by atoms with Crippen LogP contribution in [0, 0.1) is 12.8 Å². The smallest absolute Gasteiger partial charge is 0.310 e. The number of likely N-dealkylation sites (tertiary alicyclic amines) is 1. The van der Waals surface area contributed by atoms with Crippen LogP contribution in [0.1, 0.15) is 31.1 Å². The summed E-state index contributed by atoms with van der Waals surface area (Å²) in [6, 6.07) is 10.2. The largest absolute Gasteiger partial charge is 0.466 e. The summed E-state index contributed by atoms with van der Waals surface area (Å²) in [5.74, 6) is 0.368. The van der Waals surface area contributed by atoms with E-state index in [9.17, 15) is 9.59 Å². The number of carbonyl (C=O) groups is 2. The molecule has 4 rings (SSSR count). The number of fused-ring (bicyclic) bond motifs is 1. The van der Waals surface area contributed by atoms with Crippen molar-refractivity contribution in [1.29, 1.82) is 0 Å². The third-order valence-electron chi connectivity index (χ3n) is 5.75. The Morgan fingerprint density at radius 3 is 2.84 bits per heavy atom. The lowest BCUT2D eigenvalue weighted by molar-refractivity contribution is -0.151. The molecule has 1 aromatic carbocycles. The average molecular weight is 453 g/mol. The molecule has 0 radical (unpaired) electrons. The van der Waals surface area contributed by atoms with Crippen molar-refractivity contribution in [3.8, 4) is 11.1 Å². The zero-order valence-electron chi connectivity index (χ0n) is 18.5. The van der Waals surface area contributed by atoms with Gasteiger partial charge in [0.05, 0.1) is 17.9 Å². The summed E-state index contributed by atoms with van der Waals surface area (Å²) in [5, 5.41) is 4.35. The van der Waals surface area contributed by atoms with Gasteiger partial charge in [-0.05, 0) is 32.3 Å². The number of amides is 1. The molecule has 1 N–H and O–H groups in total. The maximum atomic E-state index is 12.8. The molecule has 1 unspecified atom stereocenters. The fraction of sp³-hybridized carbons (Fsp3) is 0.417. The van der Waals surface area contributed by atoms with Crippen molar-refractivity contribution in [2.75, 3.05) is 31.6 Å². The molecule has 1 atom stereocenters. The summed E-state index contributed by atoms with van der Waals surface area (Å²) in [6.45, 7) is 5.86. The van der Waals surface area contributed by atoms with Crippen LogP contribution in [0.5, 0.6) is 0 Å². The predicted octanol–water partition coefficient (Wildman–Crippen LogP) is 4.27. The Bertz CT molecular complexity index is 1100. The molecule has 1 aliphatic heterocycles. The van der Waals surface area contributed by atoms with Crippen molar-refractivity contribution < 1.29 is 14.3 Å². The number of piperidine rings is 1. The van der Waals surface area contributed by atoms with Crippen molar-refractivity contribution in [2.45, 2.75) is 33.1 Å². The Morgan fingerprint density at radius 2 is 2.06 bits per heavy atom. The molecule has 1 aliphatic rings. The Morgan fingerprint density at radius 1 is 1.25 bits per heavy atom. The fourth-order valence-corrected chi connectivity index (χ4v) is 5.25. The van der Waals surface area contributed by atoms with Crippen LogP contribution >= 0.6 is 11.3 Å². The second kappa shape index (κ2) is 10.1. The highest BCUT2D eigenvalue weighted by Gasteiger charge is 2.29. The molecule has 0 saturated carbocycles. The van der Waals surface area contributed by atoms with Gasteiger partial charge in [0.1, 0.15) is 17.0 Å². The predicted molar refractivity (Wildman–Crippen MR) is 127 cm³/mol. The Hall–Kier alpha value is -3.00. The maximum absolute atomic E-state index is 12.8. The van der Waals surface area contributed by atoms with Crippen molar-refractivity contribution in [3.63, 3.8) is 0 Å². The van der Waals surface area contributed by atoms with Gasteiger partial charge in [-0.15, -0.1) is 11.3 Å². The lowest BCUT2D eigenvalue weighted by Crippen LogP contribution is -2.43. The number of aromatic nitrogens is 2. The van der Waals surface area contributed by atoms with E-state index in [-0.39, 0.29) is 17.8 Å². The van der Waals surface area contributed by atoms with Gasteiger partial charge in [0.2, 0.25) is 5.91 Å². The number of hydrogen-bond donors (Lipinski definition) is 1. The van der Waals surface area contributed by atoms with E-state index >= 15 is 0 Å². The Kier molecular flexibility index (Phi) is 6.99. The molecular formula is C24H28N4O3S. The van der Waals surface area contributed by atoms with Crippen molar-refractivity contribution in [3.05, 3.63) is 41.5 Å². The van der Waals surface area contributed by atoms with Gasteiger partial charge in [-0.25, -0.2) is 9.97 Å². The minimum Gasteiger partial charge on any atom is -0.466 e. The third-order valence-corrected chi connectivity index (χ3v) is 6.77. The molecule has 0 spiro atoms. The van der Waals surface area contributed by atoms with Crippen LogP contribution in [-0.4, -0.2) is 53.0 Å². The van der Waals surface area contributed by atoms with Crippen LogP contribution in [0.15, 0.2) is 36.7 Å². The minimum atomic E-state index is -0.218. The summed E-state index contributed by atoms with van der Waals surface area (Å²) in [7, 11) is 0. The van der Waals surface area contributed by atoms with Gasteiger partial charge in [-0.2, -0.15) is 0 Å². The van der Waals surface area contributed by atoms with Gasteiger partial charge in [-0.3, -0.25) is 9.59 Å². The number of ether oxygens (including phenoxy) is 1. The lowest BCUT2D eigenvalue weighted by atomic mass is 9.98. The van der Waals surface area contributed by atoms with Crippen molar-refractivity contribution in [2.24, 2.45) is 5.92 Å². The van der Waals surface area contributed by atoms with Crippen LogP contribution in [-0.2, 0) is 14.3 Å². The van der Waals surface area contributed by atoms with E-state index in [1.807, 2.05) is 18.2 Å². The fourth-order valence-electron chi connectivity index (χ4n) is 4.23. The SMILES string of the molecule is CCOC(=O)C1CCCN(C(=O)CCNc2ncnc3sc(C)c(-c4ccccc4)c23)C1. The van der Waals surface area contributed by atoms with Crippen LogP contribution in [0.3, 0.4) is 0 Å². The summed E-state index contributed by atoms with van der Waals surface area (Å²) in [4.78, 5) is 37.6. The highest BCUT2D eigenvalue weighted by molar-refractivity contribution is 7.19. The molecule has 168 valence electrons. The quantitative estimate of drug-likeness (QED) is 0.539. The average Bonchev–Trinajstić information content (AvgIpc) is 3.16. The lowest BCUT2D eigenvalue weighted by Gasteiger charge is -2.31. The number of esters is 1. The topological polar surface area (TPSA) is 84.4 Å². The molecule has 7 nitrogen and oxygen atoms in total. The van der Waals surface area contributed by atoms with Gasteiger partial charge in [0.25, 0.3) is 0 Å². The number of aryl methyl sites for hydroxylation is 1. The first-order chi connectivity index (χ1) is 15.6. The van der Waals surface area contributed by atoms with Gasteiger partial charge < -0.3 is 15.0 Å². The van der Waals surface area contributed by atoms with E-state index in [2.05, 4.69) is 34.3 Å². The molecular weight excluding hydrogens is 424 g/mol. The summed E-state index contributed by atoms with van der Waals surface area (Å²) in [5.41, 5.74) is 2.26. The van der Waals surface area contributed by atoms with E-state index < -0.39 is 0 Å². The maximum Gasteiger partial charge on any atom is 0.310 e. The standard InChI is InChI=1S/C24H28N4O3S/c1-3-31-24(30)18-10-7-13-28(14-18)19(29)11-12-25-22-21-20(17-8-5-4-6-9-17)16(2)32-23(21)27-15-26-22/h4-6,8-9,15,18H,3,7,10-14H2,1-2H3,(H,25,26,27). The number of nitrogens with zero attached hydrogens (tertiary/aromatic N) is 3. The molecule has 1 saturated heterocycles. The first-order valence-electron chi connectivity index (χ1n) is 11.1. The number of benzene rings is 1. The van der Waals surface area contributed by atoms with E-state index in [1.54, 1.807) is 29.5 Å². The highest BCUT2D eigenvalue weighted by atomic mass is 32.1. The molecule has 1 amide bonds. The van der Waals surface area contributed by atoms with E-state index in [0.717, 1.165) is 40.0 Å². The van der Waals surface area contributed by atoms with Crippen LogP contribution < -0.4 is 5.32 Å². The van der Waals surface area contributed by atoms with E-state index in [1.165, 1.54) is 4.88 Å². The molecule has 2 aromatic heterocycles. The normalized spacial score (nSPS) is 16.2. The van der Waals surface area contributed by atoms with Gasteiger partial charge in [-0.1, -0.05) is 30.3 Å². The number of thiophene rings is 1. The van der Waals surface area contributed by atoms with Gasteiger partial charge in [0, 0.05) is 36.5 Å². The summed E-state index contributed by atoms with van der Waals surface area (Å²) < 4.78 is 5.14. The highest BCUT2D eigenvalue weighted by Crippen LogP contribution is 2.40. The second-order valence-electron chi connectivity index (χ2n) is 7.91.